The third-order valence-corrected chi connectivity index (χ3v) is 5.40. The van der Waals surface area contributed by atoms with Crippen molar-refractivity contribution in [3.8, 4) is 0 Å². The van der Waals surface area contributed by atoms with E-state index in [0.717, 1.165) is 13.0 Å². The van der Waals surface area contributed by atoms with Crippen LogP contribution in [0.3, 0.4) is 0 Å². The zero-order valence-corrected chi connectivity index (χ0v) is 11.7. The molecule has 1 amide bonds. The molecule has 6 atom stereocenters. The molecule has 18 heavy (non-hydrogen) atoms. The van der Waals surface area contributed by atoms with Gasteiger partial charge in [-0.3, -0.25) is 4.79 Å². The zero-order valence-electron chi connectivity index (χ0n) is 10.2. The molecule has 4 unspecified atom stereocenters. The summed E-state index contributed by atoms with van der Waals surface area (Å²) >= 11 is 12.3. The molecule has 2 fully saturated rings. The number of halogens is 2. The van der Waals surface area contributed by atoms with Crippen molar-refractivity contribution in [2.24, 2.45) is 23.5 Å². The highest BCUT2D eigenvalue weighted by molar-refractivity contribution is 6.30. The quantitative estimate of drug-likeness (QED) is 0.656. The van der Waals surface area contributed by atoms with Crippen molar-refractivity contribution >= 4 is 29.1 Å². The van der Waals surface area contributed by atoms with Crippen LogP contribution < -0.4 is 11.1 Å². The average Bonchev–Trinajstić information content (AvgIpc) is 2.34. The first-order valence-corrected chi connectivity index (χ1v) is 7.34. The summed E-state index contributed by atoms with van der Waals surface area (Å²) in [7, 11) is 0. The van der Waals surface area contributed by atoms with Gasteiger partial charge in [-0.05, 0) is 37.6 Å². The number of aliphatic hydroxyl groups is 1. The highest BCUT2D eigenvalue weighted by Crippen LogP contribution is 2.40. The molecule has 0 aromatic rings. The Bertz CT molecular complexity index is 316. The molecule has 4 nitrogen and oxygen atoms in total. The van der Waals surface area contributed by atoms with Crippen molar-refractivity contribution in [2.45, 2.75) is 36.1 Å². The van der Waals surface area contributed by atoms with Crippen LogP contribution in [0.25, 0.3) is 0 Å². The number of aliphatic hydroxyl groups excluding tert-OH is 1. The molecule has 0 aromatic carbocycles. The number of primary amides is 1. The van der Waals surface area contributed by atoms with Crippen molar-refractivity contribution in [3.05, 3.63) is 0 Å². The van der Waals surface area contributed by atoms with Gasteiger partial charge in [0.05, 0.1) is 22.8 Å². The summed E-state index contributed by atoms with van der Waals surface area (Å²) in [4.78, 5) is 11.5. The predicted molar refractivity (Wildman–Crippen MR) is 71.7 cm³/mol. The van der Waals surface area contributed by atoms with Crippen LogP contribution >= 0.6 is 23.2 Å². The number of hydrogen-bond acceptors (Lipinski definition) is 3. The van der Waals surface area contributed by atoms with Crippen LogP contribution in [0.1, 0.15) is 19.3 Å². The molecule has 0 spiro atoms. The first-order valence-electron chi connectivity index (χ1n) is 6.47. The number of nitrogens with two attached hydrogens (primary N) is 1. The first-order chi connectivity index (χ1) is 8.50. The van der Waals surface area contributed by atoms with E-state index in [1.165, 1.54) is 0 Å². The number of rotatable bonds is 2. The van der Waals surface area contributed by atoms with E-state index in [9.17, 15) is 9.90 Å². The van der Waals surface area contributed by atoms with Crippen LogP contribution in [0.5, 0.6) is 0 Å². The van der Waals surface area contributed by atoms with Gasteiger partial charge in [0.25, 0.3) is 0 Å². The van der Waals surface area contributed by atoms with Crippen LogP contribution in [0, 0.1) is 17.8 Å². The smallest absolute Gasteiger partial charge is 0.222 e. The van der Waals surface area contributed by atoms with Gasteiger partial charge < -0.3 is 16.2 Å². The molecule has 104 valence electrons. The summed E-state index contributed by atoms with van der Waals surface area (Å²) < 4.78 is 0. The third kappa shape index (κ3) is 2.93. The fourth-order valence-corrected chi connectivity index (χ4v) is 3.87. The van der Waals surface area contributed by atoms with Gasteiger partial charge in [-0.2, -0.15) is 0 Å². The molecule has 2 aliphatic rings. The summed E-state index contributed by atoms with van der Waals surface area (Å²) in [6.45, 7) is 1.45. The van der Waals surface area contributed by atoms with E-state index in [4.69, 9.17) is 28.9 Å². The Hall–Kier alpha value is -0.0300. The lowest BCUT2D eigenvalue weighted by molar-refractivity contribution is -0.126. The molecule has 0 radical (unpaired) electrons. The van der Waals surface area contributed by atoms with Crippen molar-refractivity contribution in [2.75, 3.05) is 13.1 Å². The van der Waals surface area contributed by atoms with E-state index in [-0.39, 0.29) is 34.4 Å². The van der Waals surface area contributed by atoms with Crippen molar-refractivity contribution in [1.29, 1.82) is 0 Å². The number of nitrogens with one attached hydrogen (secondary N) is 1. The Morgan fingerprint density at radius 1 is 1.22 bits per heavy atom. The summed E-state index contributed by atoms with van der Waals surface area (Å²) in [6, 6.07) is 0. The van der Waals surface area contributed by atoms with Crippen LogP contribution in [0.2, 0.25) is 0 Å². The molecule has 1 saturated heterocycles. The maximum absolute atomic E-state index is 11.5. The molecule has 0 bridgehead atoms. The van der Waals surface area contributed by atoms with Gasteiger partial charge in [0.2, 0.25) is 5.91 Å². The van der Waals surface area contributed by atoms with E-state index in [0.29, 0.717) is 19.4 Å². The van der Waals surface area contributed by atoms with Gasteiger partial charge in [0, 0.05) is 6.54 Å². The minimum atomic E-state index is -0.479. The van der Waals surface area contributed by atoms with Gasteiger partial charge >= 0.3 is 0 Å². The van der Waals surface area contributed by atoms with Gasteiger partial charge in [-0.1, -0.05) is 0 Å². The van der Waals surface area contributed by atoms with Gasteiger partial charge in [-0.15, -0.1) is 23.2 Å². The number of carbonyl (C=O) groups is 1. The van der Waals surface area contributed by atoms with Crippen LogP contribution in [0.15, 0.2) is 0 Å². The van der Waals surface area contributed by atoms with Gasteiger partial charge in [0.15, 0.2) is 0 Å². The summed E-state index contributed by atoms with van der Waals surface area (Å²) in [5.41, 5.74) is 5.45. The second kappa shape index (κ2) is 5.95. The molecule has 1 saturated carbocycles. The summed E-state index contributed by atoms with van der Waals surface area (Å²) in [5, 5.41) is 13.0. The molecule has 0 aromatic heterocycles. The van der Waals surface area contributed by atoms with Crippen molar-refractivity contribution in [1.82, 2.24) is 5.32 Å². The molecule has 6 heteroatoms. The van der Waals surface area contributed by atoms with Crippen LogP contribution in [0.4, 0.5) is 0 Å². The lowest BCUT2D eigenvalue weighted by Gasteiger charge is -2.42. The monoisotopic (exact) mass is 294 g/mol. The van der Waals surface area contributed by atoms with Crippen LogP contribution in [-0.2, 0) is 4.79 Å². The average molecular weight is 295 g/mol. The topological polar surface area (TPSA) is 75.4 Å². The Balaban J connectivity index is 2.10. The Morgan fingerprint density at radius 3 is 2.56 bits per heavy atom. The SMILES string of the molecule is NC(=O)[C@@H]1CNCC[C@@H]1C1CC(Cl)C(Cl)CC1O. The van der Waals surface area contributed by atoms with E-state index in [2.05, 4.69) is 5.32 Å². The van der Waals surface area contributed by atoms with E-state index in [1.54, 1.807) is 0 Å². The minimum absolute atomic E-state index is 0.0297. The van der Waals surface area contributed by atoms with Crippen LogP contribution in [-0.4, -0.2) is 41.0 Å². The minimum Gasteiger partial charge on any atom is -0.393 e. The Kier molecular flexibility index (Phi) is 4.75. The van der Waals surface area contributed by atoms with Crippen molar-refractivity contribution < 1.29 is 9.90 Å². The van der Waals surface area contributed by atoms with Gasteiger partial charge in [-0.25, -0.2) is 0 Å². The summed E-state index contributed by atoms with van der Waals surface area (Å²) in [6.07, 6.45) is 1.53. The zero-order chi connectivity index (χ0) is 13.3. The lowest BCUT2D eigenvalue weighted by atomic mass is 9.69. The first kappa shape index (κ1) is 14.4. The Labute approximate surface area is 117 Å². The largest absolute Gasteiger partial charge is 0.393 e. The van der Waals surface area contributed by atoms with E-state index >= 15 is 0 Å². The second-order valence-corrected chi connectivity index (χ2v) is 6.52. The number of alkyl halides is 2. The van der Waals surface area contributed by atoms with Gasteiger partial charge in [0.1, 0.15) is 0 Å². The van der Waals surface area contributed by atoms with Crippen molar-refractivity contribution in [3.63, 3.8) is 0 Å². The number of hydrogen-bond donors (Lipinski definition) is 3. The molecular formula is C12H20Cl2N2O2. The standard InChI is InChI=1S/C12H20Cl2N2O2/c13-9-3-7(11(17)4-10(9)14)6-1-2-16-5-8(6)12(15)18/h6-11,16-17H,1-5H2,(H2,15,18)/t6-,7?,8-,9?,10?,11?/m1/s1. The second-order valence-electron chi connectivity index (χ2n) is 5.40. The maximum atomic E-state index is 11.5. The highest BCUT2D eigenvalue weighted by Gasteiger charge is 2.43. The lowest BCUT2D eigenvalue weighted by Crippen LogP contribution is -2.51. The molecular weight excluding hydrogens is 275 g/mol. The predicted octanol–water partition coefficient (Wildman–Crippen LogP) is 0.683. The van der Waals surface area contributed by atoms with E-state index < -0.39 is 6.10 Å². The fraction of sp³-hybridized carbons (Fsp3) is 0.917. The number of piperidine rings is 1. The number of amides is 1. The molecule has 1 aliphatic heterocycles. The molecule has 1 aliphatic carbocycles. The van der Waals surface area contributed by atoms with E-state index in [1.807, 2.05) is 0 Å². The molecule has 4 N–H and O–H groups in total. The molecule has 1 heterocycles. The molecule has 2 rings (SSSR count). The number of carbonyl (C=O) groups excluding carboxylic acids is 1. The summed E-state index contributed by atoms with van der Waals surface area (Å²) in [5.74, 6) is -0.362. The third-order valence-electron chi connectivity index (χ3n) is 4.30. The normalized spacial score (nSPS) is 45.7. The highest BCUT2D eigenvalue weighted by atomic mass is 35.5. The fourth-order valence-electron chi connectivity index (χ4n) is 3.28. The maximum Gasteiger partial charge on any atom is 0.222 e. The Morgan fingerprint density at radius 2 is 1.89 bits per heavy atom.